The van der Waals surface area contributed by atoms with Crippen LogP contribution < -0.4 is 11.1 Å². The van der Waals surface area contributed by atoms with Crippen molar-refractivity contribution in [2.75, 3.05) is 5.32 Å². The summed E-state index contributed by atoms with van der Waals surface area (Å²) in [4.78, 5) is 0.0899. The average Bonchev–Trinajstić information content (AvgIpc) is 2.30. The van der Waals surface area contributed by atoms with Crippen molar-refractivity contribution < 1.29 is 4.39 Å². The van der Waals surface area contributed by atoms with Crippen molar-refractivity contribution in [2.24, 2.45) is 11.7 Å². The lowest BCUT2D eigenvalue weighted by Gasteiger charge is -2.23. The first-order chi connectivity index (χ1) is 8.49. The normalized spacial score (nSPS) is 12.5. The number of rotatable bonds is 6. The molecule has 0 saturated heterocycles. The molecule has 0 spiro atoms. The maximum atomic E-state index is 13.7. The van der Waals surface area contributed by atoms with Gasteiger partial charge in [-0.05, 0) is 31.0 Å². The molecule has 1 atom stereocenters. The first kappa shape index (κ1) is 14.9. The first-order valence-corrected chi connectivity index (χ1v) is 6.76. The van der Waals surface area contributed by atoms with Crippen LogP contribution >= 0.6 is 12.2 Å². The molecule has 0 saturated carbocycles. The van der Waals surface area contributed by atoms with E-state index in [-0.39, 0.29) is 10.8 Å². The average molecular weight is 268 g/mol. The lowest BCUT2D eigenvalue weighted by molar-refractivity contribution is 0.437. The van der Waals surface area contributed by atoms with Crippen molar-refractivity contribution in [1.29, 1.82) is 0 Å². The van der Waals surface area contributed by atoms with Gasteiger partial charge in [-0.2, -0.15) is 0 Å². The summed E-state index contributed by atoms with van der Waals surface area (Å²) in [5, 5.41) is 3.33. The Morgan fingerprint density at radius 1 is 1.39 bits per heavy atom. The minimum atomic E-state index is -0.371. The maximum absolute atomic E-state index is 13.7. The molecule has 1 aromatic carbocycles. The molecule has 2 nitrogen and oxygen atoms in total. The summed E-state index contributed by atoms with van der Waals surface area (Å²) in [6.07, 6.45) is 2.22. The number of halogens is 1. The summed E-state index contributed by atoms with van der Waals surface area (Å²) >= 11 is 4.78. The highest BCUT2D eigenvalue weighted by Gasteiger charge is 2.14. The van der Waals surface area contributed by atoms with Crippen LogP contribution in [-0.2, 0) is 0 Å². The van der Waals surface area contributed by atoms with Crippen LogP contribution in [0.25, 0.3) is 0 Å². The molecule has 0 fully saturated rings. The van der Waals surface area contributed by atoms with Crippen LogP contribution in [-0.4, -0.2) is 11.0 Å². The third-order valence-corrected chi connectivity index (χ3v) is 3.60. The fraction of sp³-hybridized carbons (Fsp3) is 0.500. The molecule has 0 aliphatic rings. The van der Waals surface area contributed by atoms with Crippen molar-refractivity contribution in [3.8, 4) is 0 Å². The predicted molar refractivity (Wildman–Crippen MR) is 79.4 cm³/mol. The van der Waals surface area contributed by atoms with Crippen LogP contribution in [0.5, 0.6) is 0 Å². The monoisotopic (exact) mass is 268 g/mol. The van der Waals surface area contributed by atoms with Crippen LogP contribution in [0.15, 0.2) is 18.2 Å². The summed E-state index contributed by atoms with van der Waals surface area (Å²) < 4.78 is 13.7. The molecule has 0 amide bonds. The van der Waals surface area contributed by atoms with E-state index in [9.17, 15) is 4.39 Å². The third-order valence-electron chi connectivity index (χ3n) is 3.38. The highest BCUT2D eigenvalue weighted by atomic mass is 32.1. The van der Waals surface area contributed by atoms with Crippen LogP contribution in [0.3, 0.4) is 0 Å². The van der Waals surface area contributed by atoms with E-state index in [1.165, 1.54) is 6.07 Å². The van der Waals surface area contributed by atoms with Gasteiger partial charge in [0.1, 0.15) is 10.8 Å². The van der Waals surface area contributed by atoms with Gasteiger partial charge in [-0.3, -0.25) is 0 Å². The molecule has 3 N–H and O–H groups in total. The standard InChI is InChI=1S/C14H21FN2S/c1-4-10(5-2)9(3)17-11-6-7-12(14(16)18)13(15)8-11/h6-10,17H,4-5H2,1-3H3,(H2,16,18). The van der Waals surface area contributed by atoms with Gasteiger partial charge in [0, 0.05) is 17.3 Å². The number of nitrogens with one attached hydrogen (secondary N) is 1. The molecular weight excluding hydrogens is 247 g/mol. The number of hydrogen-bond donors (Lipinski definition) is 2. The molecule has 0 aliphatic carbocycles. The van der Waals surface area contributed by atoms with E-state index in [4.69, 9.17) is 18.0 Å². The summed E-state index contributed by atoms with van der Waals surface area (Å²) in [7, 11) is 0. The van der Waals surface area contributed by atoms with Crippen molar-refractivity contribution in [1.82, 2.24) is 0 Å². The zero-order valence-electron chi connectivity index (χ0n) is 11.2. The van der Waals surface area contributed by atoms with E-state index in [2.05, 4.69) is 26.1 Å². The summed E-state index contributed by atoms with van der Waals surface area (Å²) in [5.74, 6) is 0.215. The quantitative estimate of drug-likeness (QED) is 0.773. The SMILES string of the molecule is CCC(CC)C(C)Nc1ccc(C(N)=S)c(F)c1. The van der Waals surface area contributed by atoms with Gasteiger partial charge in [0.15, 0.2) is 0 Å². The Kier molecular flexibility index (Phi) is 5.54. The molecule has 0 bridgehead atoms. The Balaban J connectivity index is 2.80. The first-order valence-electron chi connectivity index (χ1n) is 6.35. The Morgan fingerprint density at radius 3 is 2.44 bits per heavy atom. The molecular formula is C14H21FN2S. The summed E-state index contributed by atoms with van der Waals surface area (Å²) in [6, 6.07) is 5.21. The number of nitrogens with two attached hydrogens (primary N) is 1. The highest BCUT2D eigenvalue weighted by Crippen LogP contribution is 2.20. The second kappa shape index (κ2) is 6.69. The van der Waals surface area contributed by atoms with Gasteiger partial charge in [0.25, 0.3) is 0 Å². The van der Waals surface area contributed by atoms with E-state index < -0.39 is 0 Å². The molecule has 1 rings (SSSR count). The van der Waals surface area contributed by atoms with Crippen LogP contribution in [0.1, 0.15) is 39.2 Å². The third kappa shape index (κ3) is 3.67. The fourth-order valence-electron chi connectivity index (χ4n) is 2.18. The van der Waals surface area contributed by atoms with Crippen LogP contribution in [0.2, 0.25) is 0 Å². The number of hydrogen-bond acceptors (Lipinski definition) is 2. The van der Waals surface area contributed by atoms with E-state index in [1.54, 1.807) is 6.07 Å². The molecule has 18 heavy (non-hydrogen) atoms. The molecule has 0 aliphatic heterocycles. The topological polar surface area (TPSA) is 38.0 Å². The Hall–Kier alpha value is -1.16. The van der Waals surface area contributed by atoms with Gasteiger partial charge < -0.3 is 11.1 Å². The lowest BCUT2D eigenvalue weighted by atomic mass is 9.95. The number of anilines is 1. The van der Waals surface area contributed by atoms with Gasteiger partial charge in [0.2, 0.25) is 0 Å². The van der Waals surface area contributed by atoms with Gasteiger partial charge in [-0.25, -0.2) is 4.39 Å². The molecule has 0 radical (unpaired) electrons. The molecule has 100 valence electrons. The van der Waals surface area contributed by atoms with E-state index >= 15 is 0 Å². The van der Waals surface area contributed by atoms with Gasteiger partial charge in [-0.1, -0.05) is 38.9 Å². The highest BCUT2D eigenvalue weighted by molar-refractivity contribution is 7.80. The predicted octanol–water partition coefficient (Wildman–Crippen LogP) is 3.70. The van der Waals surface area contributed by atoms with E-state index in [0.29, 0.717) is 17.5 Å². The molecule has 1 aromatic rings. The van der Waals surface area contributed by atoms with Crippen LogP contribution in [0, 0.1) is 11.7 Å². The van der Waals surface area contributed by atoms with Crippen molar-refractivity contribution >= 4 is 22.9 Å². The fourth-order valence-corrected chi connectivity index (χ4v) is 2.35. The van der Waals surface area contributed by atoms with Crippen molar-refractivity contribution in [3.63, 3.8) is 0 Å². The summed E-state index contributed by atoms with van der Waals surface area (Å²) in [5.41, 5.74) is 6.50. The zero-order chi connectivity index (χ0) is 13.7. The maximum Gasteiger partial charge on any atom is 0.135 e. The van der Waals surface area contributed by atoms with Crippen molar-refractivity contribution in [3.05, 3.63) is 29.6 Å². The largest absolute Gasteiger partial charge is 0.389 e. The minimum Gasteiger partial charge on any atom is -0.389 e. The lowest BCUT2D eigenvalue weighted by Crippen LogP contribution is -2.25. The van der Waals surface area contributed by atoms with Gasteiger partial charge >= 0.3 is 0 Å². The molecule has 1 unspecified atom stereocenters. The molecule has 0 heterocycles. The Bertz CT molecular complexity index is 416. The van der Waals surface area contributed by atoms with E-state index in [0.717, 1.165) is 18.5 Å². The minimum absolute atomic E-state index is 0.0899. The zero-order valence-corrected chi connectivity index (χ0v) is 12.0. The second-order valence-electron chi connectivity index (χ2n) is 4.57. The van der Waals surface area contributed by atoms with E-state index in [1.807, 2.05) is 6.07 Å². The molecule has 0 aromatic heterocycles. The number of benzene rings is 1. The summed E-state index contributed by atoms with van der Waals surface area (Å²) in [6.45, 7) is 6.46. The Morgan fingerprint density at radius 2 is 2.00 bits per heavy atom. The van der Waals surface area contributed by atoms with Crippen LogP contribution in [0.4, 0.5) is 10.1 Å². The van der Waals surface area contributed by atoms with Gasteiger partial charge in [0.05, 0.1) is 0 Å². The van der Waals surface area contributed by atoms with Gasteiger partial charge in [-0.15, -0.1) is 0 Å². The molecule has 4 heteroatoms. The number of thiocarbonyl (C=S) groups is 1. The van der Waals surface area contributed by atoms with Crippen molar-refractivity contribution in [2.45, 2.75) is 39.7 Å². The Labute approximate surface area is 114 Å². The second-order valence-corrected chi connectivity index (χ2v) is 5.01. The smallest absolute Gasteiger partial charge is 0.135 e.